The standard InChI is InChI=1S/C26H25N3O5S/c1-35(33,34)28-26(32)25-24(20-6-3-11-27-14-23(20)31)21-12-17-4-2-5-18(17)13-22(21)29(25)15-16-7-9-19(30)10-8-16/h3,6-13,27,30H,2,4-5,14-15H2,1H3,(H,28,32). The highest BCUT2D eigenvalue weighted by atomic mass is 32.2. The van der Waals surface area contributed by atoms with Crippen molar-refractivity contribution in [3.8, 4) is 5.75 Å². The van der Waals surface area contributed by atoms with Gasteiger partial charge in [-0.2, -0.15) is 0 Å². The molecular weight excluding hydrogens is 466 g/mol. The van der Waals surface area contributed by atoms with Gasteiger partial charge in [0.05, 0.1) is 12.8 Å². The molecule has 0 fully saturated rings. The first-order chi connectivity index (χ1) is 16.7. The monoisotopic (exact) mass is 491 g/mol. The summed E-state index contributed by atoms with van der Waals surface area (Å²) < 4.78 is 27.9. The zero-order valence-electron chi connectivity index (χ0n) is 19.2. The summed E-state index contributed by atoms with van der Waals surface area (Å²) in [5.74, 6) is -0.881. The topological polar surface area (TPSA) is 118 Å². The predicted molar refractivity (Wildman–Crippen MR) is 134 cm³/mol. The van der Waals surface area contributed by atoms with Crippen molar-refractivity contribution in [2.75, 3.05) is 12.8 Å². The van der Waals surface area contributed by atoms with Crippen LogP contribution >= 0.6 is 0 Å². The molecule has 1 aromatic heterocycles. The SMILES string of the molecule is CS(=O)(=O)NC(=O)c1c(C2=CC=CNCC2=O)c2cc3c(cc2n1Cc1ccc(O)cc1)CCC3. The highest BCUT2D eigenvalue weighted by Gasteiger charge is 2.30. The second-order valence-corrected chi connectivity index (χ2v) is 10.7. The highest BCUT2D eigenvalue weighted by Crippen LogP contribution is 2.37. The normalized spacial score (nSPS) is 15.5. The van der Waals surface area contributed by atoms with Gasteiger partial charge in [0, 0.05) is 28.6 Å². The maximum absolute atomic E-state index is 13.5. The van der Waals surface area contributed by atoms with Gasteiger partial charge in [0.25, 0.3) is 5.91 Å². The largest absolute Gasteiger partial charge is 0.508 e. The summed E-state index contributed by atoms with van der Waals surface area (Å²) in [4.78, 5) is 26.6. The first-order valence-corrected chi connectivity index (χ1v) is 13.2. The van der Waals surface area contributed by atoms with Crippen molar-refractivity contribution in [3.63, 3.8) is 0 Å². The lowest BCUT2D eigenvalue weighted by molar-refractivity contribution is -0.112. The number of sulfonamides is 1. The number of carbonyl (C=O) groups is 2. The summed E-state index contributed by atoms with van der Waals surface area (Å²) in [6.45, 7) is 0.308. The summed E-state index contributed by atoms with van der Waals surface area (Å²) in [5, 5.41) is 13.4. The zero-order valence-corrected chi connectivity index (χ0v) is 20.0. The number of rotatable bonds is 5. The Balaban J connectivity index is 1.83. The van der Waals surface area contributed by atoms with Crippen LogP contribution in [-0.2, 0) is 34.2 Å². The third-order valence-corrected chi connectivity index (χ3v) is 6.91. The first kappa shape index (κ1) is 22.9. The van der Waals surface area contributed by atoms with E-state index in [4.69, 9.17) is 0 Å². The number of fused-ring (bicyclic) bond motifs is 2. The zero-order chi connectivity index (χ0) is 24.7. The molecule has 0 unspecified atom stereocenters. The number of carbonyl (C=O) groups excluding carboxylic acids is 2. The van der Waals surface area contributed by atoms with E-state index in [1.807, 2.05) is 6.07 Å². The molecule has 0 saturated heterocycles. The van der Waals surface area contributed by atoms with Crippen molar-refractivity contribution < 1.29 is 23.1 Å². The number of aromatic nitrogens is 1. The van der Waals surface area contributed by atoms with Gasteiger partial charge in [0.15, 0.2) is 5.78 Å². The summed E-state index contributed by atoms with van der Waals surface area (Å²) in [5.41, 5.74) is 4.80. The molecule has 8 nitrogen and oxygen atoms in total. The summed E-state index contributed by atoms with van der Waals surface area (Å²) in [7, 11) is -3.86. The molecule has 3 N–H and O–H groups in total. The number of amides is 1. The van der Waals surface area contributed by atoms with Crippen molar-refractivity contribution in [3.05, 3.63) is 82.7 Å². The molecule has 3 aromatic rings. The van der Waals surface area contributed by atoms with E-state index >= 15 is 0 Å². The number of hydrogen-bond donors (Lipinski definition) is 3. The van der Waals surface area contributed by atoms with Crippen molar-refractivity contribution in [1.29, 1.82) is 0 Å². The van der Waals surface area contributed by atoms with Gasteiger partial charge in [-0.05, 0) is 78.6 Å². The van der Waals surface area contributed by atoms with Gasteiger partial charge in [0.2, 0.25) is 10.0 Å². The number of ketones is 1. The van der Waals surface area contributed by atoms with Crippen LogP contribution in [0.5, 0.6) is 5.75 Å². The Hall–Kier alpha value is -3.85. The van der Waals surface area contributed by atoms with Crippen LogP contribution in [0.25, 0.3) is 16.5 Å². The van der Waals surface area contributed by atoms with E-state index in [0.717, 1.165) is 42.0 Å². The minimum atomic E-state index is -3.86. The quantitative estimate of drug-likeness (QED) is 0.505. The number of hydrogen-bond acceptors (Lipinski definition) is 6. The van der Waals surface area contributed by atoms with Crippen molar-refractivity contribution in [1.82, 2.24) is 14.6 Å². The number of aromatic hydroxyl groups is 1. The molecular formula is C26H25N3O5S. The molecule has 35 heavy (non-hydrogen) atoms. The number of nitrogens with zero attached hydrogens (tertiary/aromatic N) is 1. The fourth-order valence-corrected chi connectivity index (χ4v) is 5.30. The number of Topliss-reactive ketones (excluding diaryl/α,β-unsaturated/α-hetero) is 1. The molecule has 0 spiro atoms. The van der Waals surface area contributed by atoms with Crippen LogP contribution in [0.15, 0.2) is 54.8 Å². The van der Waals surface area contributed by atoms with E-state index < -0.39 is 15.9 Å². The van der Waals surface area contributed by atoms with E-state index in [1.165, 1.54) is 11.1 Å². The van der Waals surface area contributed by atoms with Crippen molar-refractivity contribution in [2.45, 2.75) is 25.8 Å². The third-order valence-electron chi connectivity index (χ3n) is 6.36. The van der Waals surface area contributed by atoms with Crippen molar-refractivity contribution >= 4 is 38.2 Å². The van der Waals surface area contributed by atoms with E-state index in [-0.39, 0.29) is 30.3 Å². The lowest BCUT2D eigenvalue weighted by Crippen LogP contribution is -2.32. The fraction of sp³-hybridized carbons (Fsp3) is 0.231. The van der Waals surface area contributed by atoms with Crippen LogP contribution in [0.1, 0.15) is 39.2 Å². The molecule has 0 radical (unpaired) electrons. The number of phenolic OH excluding ortho intramolecular Hbond substituents is 1. The van der Waals surface area contributed by atoms with E-state index in [1.54, 1.807) is 47.2 Å². The van der Waals surface area contributed by atoms with Gasteiger partial charge in [-0.15, -0.1) is 0 Å². The number of aryl methyl sites for hydroxylation is 2. The smallest absolute Gasteiger partial charge is 0.282 e. The molecule has 5 rings (SSSR count). The van der Waals surface area contributed by atoms with Crippen LogP contribution in [0.3, 0.4) is 0 Å². The lowest BCUT2D eigenvalue weighted by atomic mass is 9.96. The minimum absolute atomic E-state index is 0.0606. The number of benzene rings is 2. The van der Waals surface area contributed by atoms with E-state index in [2.05, 4.69) is 16.1 Å². The Morgan fingerprint density at radius 2 is 1.86 bits per heavy atom. The minimum Gasteiger partial charge on any atom is -0.508 e. The average molecular weight is 492 g/mol. The third kappa shape index (κ3) is 4.46. The maximum Gasteiger partial charge on any atom is 0.282 e. The van der Waals surface area contributed by atoms with Gasteiger partial charge in [-0.25, -0.2) is 13.1 Å². The average Bonchev–Trinajstić information content (AvgIpc) is 3.30. The lowest BCUT2D eigenvalue weighted by Gasteiger charge is -2.13. The Bertz CT molecular complexity index is 1530. The van der Waals surface area contributed by atoms with Gasteiger partial charge in [-0.3, -0.25) is 9.59 Å². The van der Waals surface area contributed by atoms with E-state index in [0.29, 0.717) is 11.1 Å². The second-order valence-electron chi connectivity index (χ2n) is 8.91. The predicted octanol–water partition coefficient (Wildman–Crippen LogP) is 2.64. The van der Waals surface area contributed by atoms with Gasteiger partial charge in [0.1, 0.15) is 11.4 Å². The Morgan fingerprint density at radius 1 is 1.14 bits per heavy atom. The Kier molecular flexibility index (Phi) is 5.72. The van der Waals surface area contributed by atoms with Crippen LogP contribution in [0.4, 0.5) is 0 Å². The van der Waals surface area contributed by atoms with Gasteiger partial charge in [-0.1, -0.05) is 12.1 Å². The number of nitrogens with one attached hydrogen (secondary N) is 2. The number of phenols is 1. The summed E-state index contributed by atoms with van der Waals surface area (Å²) >= 11 is 0. The maximum atomic E-state index is 13.5. The molecule has 2 heterocycles. The molecule has 0 atom stereocenters. The van der Waals surface area contributed by atoms with Gasteiger partial charge >= 0.3 is 0 Å². The second kappa shape index (κ2) is 8.74. The summed E-state index contributed by atoms with van der Waals surface area (Å²) in [6, 6.07) is 10.7. The molecule has 180 valence electrons. The molecule has 9 heteroatoms. The molecule has 0 saturated carbocycles. The van der Waals surface area contributed by atoms with E-state index in [9.17, 15) is 23.1 Å². The molecule has 1 aliphatic carbocycles. The van der Waals surface area contributed by atoms with Crippen LogP contribution < -0.4 is 10.0 Å². The fourth-order valence-electron chi connectivity index (χ4n) is 4.87. The molecule has 2 aliphatic rings. The van der Waals surface area contributed by atoms with Crippen LogP contribution in [0, 0.1) is 0 Å². The Morgan fingerprint density at radius 3 is 2.57 bits per heavy atom. The Labute approximate surface area is 203 Å². The summed E-state index contributed by atoms with van der Waals surface area (Å²) in [6.07, 6.45) is 8.81. The molecule has 1 aliphatic heterocycles. The molecule has 1 amide bonds. The highest BCUT2D eigenvalue weighted by molar-refractivity contribution is 7.89. The van der Waals surface area contributed by atoms with Gasteiger partial charge < -0.3 is 15.0 Å². The molecule has 2 aromatic carbocycles. The first-order valence-electron chi connectivity index (χ1n) is 11.3. The van der Waals surface area contributed by atoms with Crippen LogP contribution in [-0.4, -0.2) is 42.6 Å². The van der Waals surface area contributed by atoms with Crippen molar-refractivity contribution in [2.24, 2.45) is 0 Å². The van der Waals surface area contributed by atoms with Crippen LogP contribution in [0.2, 0.25) is 0 Å². The number of allylic oxidation sites excluding steroid dienone is 2. The molecule has 0 bridgehead atoms.